The zero-order valence-corrected chi connectivity index (χ0v) is 91.4. The molecule has 0 N–H and O–H groups in total. The zero-order valence-electron chi connectivity index (χ0n) is 88.1. The third kappa shape index (κ3) is 54.9. The molecule has 18 heteroatoms. The second kappa shape index (κ2) is 85.6. The summed E-state index contributed by atoms with van der Waals surface area (Å²) in [4.78, 5) is 2.93. The van der Waals surface area contributed by atoms with Gasteiger partial charge in [-0.3, -0.25) is 0 Å². The first-order valence-electron chi connectivity index (χ1n) is 46.7. The highest BCUT2D eigenvalue weighted by Crippen LogP contribution is 2.29. The van der Waals surface area contributed by atoms with Crippen molar-refractivity contribution < 1.29 is 62.1 Å². The number of aryl methyl sites for hydroxylation is 8. The fourth-order valence-electron chi connectivity index (χ4n) is 10.2. The Morgan fingerprint density at radius 3 is 0.346 bits per heavy atom. The molecule has 0 heterocycles. The smallest absolute Gasteiger partial charge is 0.206 e. The summed E-state index contributed by atoms with van der Waals surface area (Å²) in [6.45, 7) is 54.8. The van der Waals surface area contributed by atoms with Crippen LogP contribution in [0.3, 0.4) is 0 Å². The van der Waals surface area contributed by atoms with Gasteiger partial charge in [0.05, 0.1) is 81.8 Å². The number of methoxy groups -OCH3 is 6. The topological polar surface area (TPSA) is 192 Å². The Morgan fingerprint density at radius 2 is 0.250 bits per heavy atom. The van der Waals surface area contributed by atoms with Crippen LogP contribution in [0.4, 0.5) is 0 Å². The molecule has 14 aromatic carbocycles. The summed E-state index contributed by atoms with van der Waals surface area (Å²) in [5.74, 6) is 5.46. The molecular formula is C118H164O14S4. The lowest BCUT2D eigenvalue weighted by atomic mass is 10.2. The molecule has 0 atom stereocenters. The number of sulfone groups is 4. The van der Waals surface area contributed by atoms with E-state index in [0.29, 0.717) is 39.2 Å². The quantitative estimate of drug-likeness (QED) is 0.0998. The molecule has 0 aliphatic rings. The maximum Gasteiger partial charge on any atom is 0.206 e. The van der Waals surface area contributed by atoms with Crippen molar-refractivity contribution in [3.05, 3.63) is 421 Å². The molecule has 0 amide bonds. The Balaban J connectivity index is -0.000000343. The lowest BCUT2D eigenvalue weighted by molar-refractivity contribution is 0.414. The fraction of sp³-hybridized carbons (Fsp3) is 0.288. The highest BCUT2D eigenvalue weighted by Gasteiger charge is 2.23. The maximum absolute atomic E-state index is 12.4. The van der Waals surface area contributed by atoms with E-state index in [4.69, 9.17) is 28.4 Å². The first kappa shape index (κ1) is 134. The third-order valence-corrected chi connectivity index (χ3v) is 24.3. The highest BCUT2D eigenvalue weighted by atomic mass is 32.2. The van der Waals surface area contributed by atoms with Crippen LogP contribution in [0.5, 0.6) is 34.5 Å². The zero-order chi connectivity index (χ0) is 105. The average Bonchev–Trinajstić information content (AvgIpc) is 0.809. The Labute approximate surface area is 826 Å². The molecule has 0 saturated carbocycles. The Kier molecular flexibility index (Phi) is 84.6. The monoisotopic (exact) mass is 1930 g/mol. The van der Waals surface area contributed by atoms with E-state index in [2.05, 4.69) is 0 Å². The summed E-state index contributed by atoms with van der Waals surface area (Å²) in [6.07, 6.45) is 0. The van der Waals surface area contributed by atoms with Gasteiger partial charge in [-0.1, -0.05) is 369 Å². The minimum absolute atomic E-state index is 0.341. The summed E-state index contributed by atoms with van der Waals surface area (Å²) in [5, 5.41) is 0. The van der Waals surface area contributed by atoms with Crippen molar-refractivity contribution in [1.29, 1.82) is 0 Å². The van der Waals surface area contributed by atoms with Gasteiger partial charge in [0, 0.05) is 0 Å². The van der Waals surface area contributed by atoms with Crippen LogP contribution in [0.1, 0.15) is 183 Å². The van der Waals surface area contributed by atoms with Gasteiger partial charge in [-0.05, 0) is 245 Å². The summed E-state index contributed by atoms with van der Waals surface area (Å²) in [5.41, 5.74) is 6.91. The van der Waals surface area contributed by atoms with Gasteiger partial charge >= 0.3 is 0 Å². The van der Waals surface area contributed by atoms with Crippen LogP contribution in [0.2, 0.25) is 0 Å². The first-order valence-corrected chi connectivity index (χ1v) is 52.6. The molecule has 136 heavy (non-hydrogen) atoms. The van der Waals surface area contributed by atoms with Crippen molar-refractivity contribution in [3.8, 4) is 34.5 Å². The fourth-order valence-corrected chi connectivity index (χ4v) is 16.6. The van der Waals surface area contributed by atoms with E-state index >= 15 is 0 Å². The molecule has 14 nitrogen and oxygen atoms in total. The van der Waals surface area contributed by atoms with Gasteiger partial charge in [-0.15, -0.1) is 0 Å². The molecule has 0 aliphatic carbocycles. The van der Waals surface area contributed by atoms with Gasteiger partial charge in [0.25, 0.3) is 0 Å². The van der Waals surface area contributed by atoms with E-state index in [9.17, 15) is 33.7 Å². The number of hydrogen-bond donors (Lipinski definition) is 0. The predicted molar refractivity (Wildman–Crippen MR) is 583 cm³/mol. The molecule has 744 valence electrons. The molecule has 0 radical (unpaired) electrons. The van der Waals surface area contributed by atoms with E-state index < -0.39 is 39.3 Å². The minimum atomic E-state index is -3.39. The number of ether oxygens (including phenoxy) is 6. The Bertz CT molecular complexity index is 4820. The van der Waals surface area contributed by atoms with Crippen LogP contribution in [0.15, 0.2) is 415 Å². The normalized spacial score (nSPS) is 9.19. The highest BCUT2D eigenvalue weighted by molar-refractivity contribution is 7.92. The van der Waals surface area contributed by atoms with E-state index in [1.807, 2.05) is 449 Å². The van der Waals surface area contributed by atoms with Crippen LogP contribution in [-0.4, -0.2) is 76.3 Å². The maximum atomic E-state index is 12.4. The van der Waals surface area contributed by atoms with Crippen molar-refractivity contribution >= 4 is 39.3 Å². The van der Waals surface area contributed by atoms with Crippen molar-refractivity contribution in [2.45, 2.75) is 233 Å². The summed E-state index contributed by atoms with van der Waals surface area (Å²) in [6, 6.07) is 114. The Hall–Kier alpha value is -12.3. The minimum Gasteiger partial charge on any atom is -0.497 e. The lowest BCUT2D eigenvalue weighted by Gasteiger charge is -2.08. The van der Waals surface area contributed by atoms with Crippen LogP contribution in [0.25, 0.3) is 0 Å². The molecular weight excluding hydrogens is 1770 g/mol. The largest absolute Gasteiger partial charge is 0.497 e. The summed E-state index contributed by atoms with van der Waals surface area (Å²) < 4.78 is 129. The van der Waals surface area contributed by atoms with E-state index in [1.54, 1.807) is 164 Å². The number of hydrogen-bond acceptors (Lipinski definition) is 14. The second-order valence-electron chi connectivity index (χ2n) is 25.4. The molecule has 0 bridgehead atoms. The van der Waals surface area contributed by atoms with Gasteiger partial charge in [0.15, 0.2) is 0 Å². The molecule has 0 unspecified atom stereocenters. The van der Waals surface area contributed by atoms with E-state index in [0.717, 1.165) is 79.0 Å². The molecule has 0 saturated heterocycles. The number of benzene rings is 14. The van der Waals surface area contributed by atoms with Crippen LogP contribution in [0, 0.1) is 55.4 Å². The van der Waals surface area contributed by atoms with Gasteiger partial charge in [0.1, 0.15) is 34.5 Å². The summed E-state index contributed by atoms with van der Waals surface area (Å²) in [7, 11) is -3.60. The molecule has 0 spiro atoms. The lowest BCUT2D eigenvalue weighted by Crippen LogP contribution is -2.04. The van der Waals surface area contributed by atoms with Crippen LogP contribution in [-0.2, 0) is 39.3 Å². The molecule has 14 aromatic rings. The predicted octanol–water partition coefficient (Wildman–Crippen LogP) is 33.0. The number of rotatable bonds is 14. The van der Waals surface area contributed by atoms with Crippen molar-refractivity contribution in [2.24, 2.45) is 0 Å². The van der Waals surface area contributed by atoms with E-state index in [-0.39, 0.29) is 0 Å². The summed E-state index contributed by atoms with van der Waals surface area (Å²) >= 11 is 0. The van der Waals surface area contributed by atoms with Gasteiger partial charge < -0.3 is 28.4 Å². The molecule has 0 aromatic heterocycles. The standard InChI is InChI=1S/4C14H14O2S.6C7H8O.10C2H6/c4*1-11-8-9-12(2)14(10-11)17(15,16)13-6-4-3-5-7-13;6*1-8-7-5-3-2-4-6-7;10*1-2/h4*3-10H,1-2H3;6*2-6H,1H3;10*1-2H3. The Morgan fingerprint density at radius 1 is 0.147 bits per heavy atom. The second-order valence-corrected chi connectivity index (χ2v) is 33.1. The SMILES string of the molecule is CC.CC.CC.CC.CC.CC.CC.CC.CC.CC.COc1ccccc1.COc1ccccc1.COc1ccccc1.COc1ccccc1.COc1ccccc1.COc1ccccc1.Cc1ccc(C)c(S(=O)(=O)c2ccccc2)c1.Cc1ccc(C)c(S(=O)(=O)c2ccccc2)c1.Cc1ccc(C)c(S(=O)(=O)c2ccccc2)c1.Cc1ccc(C)c(S(=O)(=O)c2ccccc2)c1. The first-order chi connectivity index (χ1) is 65.7. The third-order valence-electron chi connectivity index (χ3n) is 16.6. The van der Waals surface area contributed by atoms with Crippen molar-refractivity contribution in [1.82, 2.24) is 0 Å². The van der Waals surface area contributed by atoms with Crippen LogP contribution >= 0.6 is 0 Å². The molecule has 0 aliphatic heterocycles. The van der Waals surface area contributed by atoms with Gasteiger partial charge in [0.2, 0.25) is 39.3 Å². The van der Waals surface area contributed by atoms with Gasteiger partial charge in [-0.25, -0.2) is 33.7 Å². The van der Waals surface area contributed by atoms with Crippen LogP contribution < -0.4 is 28.4 Å². The van der Waals surface area contributed by atoms with E-state index in [1.165, 1.54) is 0 Å². The van der Waals surface area contributed by atoms with Crippen molar-refractivity contribution in [2.75, 3.05) is 42.7 Å². The average molecular weight is 1930 g/mol. The molecule has 14 rings (SSSR count). The van der Waals surface area contributed by atoms with Gasteiger partial charge in [-0.2, -0.15) is 0 Å². The molecule has 0 fully saturated rings. The number of para-hydroxylation sites is 6. The van der Waals surface area contributed by atoms with Crippen molar-refractivity contribution in [3.63, 3.8) is 0 Å².